The first kappa shape index (κ1) is 16.3. The van der Waals surface area contributed by atoms with E-state index in [1.807, 2.05) is 0 Å². The molecule has 1 N–H and O–H groups in total. The molecule has 0 rings (SSSR count). The molecule has 0 fully saturated rings. The second-order valence-electron chi connectivity index (χ2n) is 1.27. The van der Waals surface area contributed by atoms with Crippen molar-refractivity contribution in [2.75, 3.05) is 0 Å². The van der Waals surface area contributed by atoms with Crippen LogP contribution in [-0.4, -0.2) is 16.9 Å². The third kappa shape index (κ3) is 25.4. The van der Waals surface area contributed by atoms with Crippen molar-refractivity contribution in [1.29, 1.82) is 0 Å². The Kier molecular flexibility index (Phi) is 18.7. The fourth-order valence-electron chi connectivity index (χ4n) is 0.213. The first-order chi connectivity index (χ1) is 4.13. The molecule has 4 heteroatoms. The maximum atomic E-state index is 9.87. The van der Waals surface area contributed by atoms with Crippen LogP contribution in [0, 0.1) is 6.92 Å². The minimum atomic E-state index is -1.06. The Morgan fingerprint density at radius 2 is 1.70 bits per heavy atom. The predicted molar refractivity (Wildman–Crippen MR) is 34.0 cm³/mol. The van der Waals surface area contributed by atoms with E-state index in [0.29, 0.717) is 0 Å². The monoisotopic (exact) mass is 194 g/mol. The van der Waals surface area contributed by atoms with Gasteiger partial charge in [0.15, 0.2) is 0 Å². The number of carboxylic acids is 1. The Hall–Kier alpha value is -0.341. The van der Waals surface area contributed by atoms with Crippen molar-refractivity contribution >= 4 is 11.8 Å². The van der Waals surface area contributed by atoms with E-state index >= 15 is 0 Å². The minimum absolute atomic E-state index is 0. The summed E-state index contributed by atoms with van der Waals surface area (Å²) in [6, 6.07) is 0. The van der Waals surface area contributed by atoms with Gasteiger partial charge in [0, 0.05) is 0 Å². The summed E-state index contributed by atoms with van der Waals surface area (Å²) in [4.78, 5) is 19.5. The van der Waals surface area contributed by atoms with Gasteiger partial charge in [-0.2, -0.15) is 6.92 Å². The number of rotatable bonds is 2. The van der Waals surface area contributed by atoms with Gasteiger partial charge in [-0.3, -0.25) is 9.59 Å². The molecular formula is C6H11CuO3. The molecule has 0 unspecified atom stereocenters. The molecule has 0 atom stereocenters. The van der Waals surface area contributed by atoms with E-state index < -0.39 is 5.97 Å². The summed E-state index contributed by atoms with van der Waals surface area (Å²) in [7, 11) is 0. The van der Waals surface area contributed by atoms with Gasteiger partial charge >= 0.3 is 23.0 Å². The van der Waals surface area contributed by atoms with Gasteiger partial charge in [-0.1, -0.05) is 0 Å². The number of carbonyl (C=O) groups is 2. The van der Waals surface area contributed by atoms with E-state index in [1.54, 1.807) is 6.92 Å². The van der Waals surface area contributed by atoms with Gasteiger partial charge in [0.1, 0.15) is 12.2 Å². The van der Waals surface area contributed by atoms with Gasteiger partial charge in [0.2, 0.25) is 0 Å². The van der Waals surface area contributed by atoms with Gasteiger partial charge in [0.25, 0.3) is 0 Å². The zero-order valence-electron chi connectivity index (χ0n) is 5.98. The van der Waals surface area contributed by atoms with E-state index in [-0.39, 0.29) is 29.3 Å². The number of ketones is 1. The fraction of sp³-hybridized carbons (Fsp3) is 0.500. The summed E-state index contributed by atoms with van der Waals surface area (Å²) < 4.78 is 0. The molecule has 0 aliphatic carbocycles. The summed E-state index contributed by atoms with van der Waals surface area (Å²) >= 11 is 0. The van der Waals surface area contributed by atoms with Crippen molar-refractivity contribution in [2.24, 2.45) is 0 Å². The maximum Gasteiger partial charge on any atom is 1.00 e. The number of carboxylic acid groups (broad SMARTS) is 1. The third-order valence-electron chi connectivity index (χ3n) is 0.400. The average Bonchev–Trinajstić information content (AvgIpc) is 1.68. The SMILES string of the molecule is CC(=O)CC(=O)O.[CH2-]C.[Cu+]. The van der Waals surface area contributed by atoms with Crippen LogP contribution in [0.5, 0.6) is 0 Å². The molecule has 0 heterocycles. The molecule has 0 saturated heterocycles. The zero-order valence-corrected chi connectivity index (χ0v) is 6.92. The molecule has 0 spiro atoms. The normalized spacial score (nSPS) is 6.30. The van der Waals surface area contributed by atoms with Crippen molar-refractivity contribution in [1.82, 2.24) is 0 Å². The van der Waals surface area contributed by atoms with Gasteiger partial charge in [0.05, 0.1) is 0 Å². The molecule has 0 radical (unpaired) electrons. The van der Waals surface area contributed by atoms with Crippen LogP contribution in [0.2, 0.25) is 0 Å². The minimum Gasteiger partial charge on any atom is -0.481 e. The van der Waals surface area contributed by atoms with Gasteiger partial charge in [-0.15, -0.1) is 0 Å². The van der Waals surface area contributed by atoms with E-state index in [1.165, 1.54) is 6.92 Å². The number of aliphatic carboxylic acids is 1. The van der Waals surface area contributed by atoms with Crippen molar-refractivity contribution in [3.63, 3.8) is 0 Å². The molecule has 0 bridgehead atoms. The Labute approximate surface area is 71.3 Å². The topological polar surface area (TPSA) is 54.4 Å². The average molecular weight is 195 g/mol. The van der Waals surface area contributed by atoms with Crippen LogP contribution in [0.25, 0.3) is 0 Å². The summed E-state index contributed by atoms with van der Waals surface area (Å²) in [5.74, 6) is -1.37. The summed E-state index contributed by atoms with van der Waals surface area (Å²) in [5.41, 5.74) is 0. The van der Waals surface area contributed by atoms with Crippen LogP contribution < -0.4 is 0 Å². The Morgan fingerprint density at radius 3 is 1.70 bits per heavy atom. The number of hydrogen-bond donors (Lipinski definition) is 1. The standard InChI is InChI=1S/C4H6O3.C2H5.Cu/c1-3(5)2-4(6)7;1-2;/h2H2,1H3,(H,6,7);1H2,2H3;/q;-1;+1. The van der Waals surface area contributed by atoms with Crippen LogP contribution in [0.15, 0.2) is 0 Å². The van der Waals surface area contributed by atoms with Crippen LogP contribution in [0.3, 0.4) is 0 Å². The molecule has 0 aromatic heterocycles. The fourth-order valence-corrected chi connectivity index (χ4v) is 0.213. The molecule has 0 saturated carbocycles. The summed E-state index contributed by atoms with van der Waals surface area (Å²) in [5, 5.41) is 7.86. The van der Waals surface area contributed by atoms with Crippen molar-refractivity contribution in [3.8, 4) is 0 Å². The molecule has 64 valence electrons. The van der Waals surface area contributed by atoms with E-state index in [9.17, 15) is 9.59 Å². The summed E-state index contributed by atoms with van der Waals surface area (Å²) in [6.07, 6.45) is -0.361. The van der Waals surface area contributed by atoms with Crippen LogP contribution in [0.4, 0.5) is 0 Å². The van der Waals surface area contributed by atoms with Crippen LogP contribution in [0.1, 0.15) is 20.3 Å². The van der Waals surface area contributed by atoms with Crippen molar-refractivity contribution in [3.05, 3.63) is 6.92 Å². The Morgan fingerprint density at radius 1 is 1.40 bits per heavy atom. The smallest absolute Gasteiger partial charge is 0.481 e. The number of carbonyl (C=O) groups excluding carboxylic acids is 1. The molecule has 0 aliphatic rings. The number of hydrogen-bond acceptors (Lipinski definition) is 2. The maximum absolute atomic E-state index is 9.87. The molecule has 10 heavy (non-hydrogen) atoms. The van der Waals surface area contributed by atoms with Crippen LogP contribution in [-0.2, 0) is 26.7 Å². The second kappa shape index (κ2) is 11.5. The van der Waals surface area contributed by atoms with Gasteiger partial charge in [-0.05, 0) is 6.92 Å². The molecule has 0 aliphatic heterocycles. The molecular weight excluding hydrogens is 184 g/mol. The van der Waals surface area contributed by atoms with Crippen molar-refractivity contribution in [2.45, 2.75) is 20.3 Å². The third-order valence-corrected chi connectivity index (χ3v) is 0.400. The quantitative estimate of drug-likeness (QED) is 0.404. The number of Topliss-reactive ketones (excluding diaryl/α,β-unsaturated/α-hetero) is 1. The first-order valence-electron chi connectivity index (χ1n) is 2.55. The Balaban J connectivity index is -0.000000149. The molecule has 0 aromatic carbocycles. The Bertz CT molecular complexity index is 89.2. The molecule has 3 nitrogen and oxygen atoms in total. The van der Waals surface area contributed by atoms with E-state index in [2.05, 4.69) is 6.92 Å². The predicted octanol–water partition coefficient (Wildman–Crippen LogP) is 0.888. The van der Waals surface area contributed by atoms with Crippen LogP contribution >= 0.6 is 0 Å². The van der Waals surface area contributed by atoms with Crippen molar-refractivity contribution < 1.29 is 31.8 Å². The van der Waals surface area contributed by atoms with E-state index in [0.717, 1.165) is 0 Å². The molecule has 0 amide bonds. The van der Waals surface area contributed by atoms with E-state index in [4.69, 9.17) is 5.11 Å². The van der Waals surface area contributed by atoms with Gasteiger partial charge < -0.3 is 12.0 Å². The second-order valence-corrected chi connectivity index (χ2v) is 1.27. The zero-order chi connectivity index (χ0) is 7.86. The van der Waals surface area contributed by atoms with Gasteiger partial charge in [-0.25, -0.2) is 0 Å². The summed E-state index contributed by atoms with van der Waals surface area (Å²) in [6.45, 7) is 6.24. The first-order valence-corrected chi connectivity index (χ1v) is 2.55. The molecule has 0 aromatic rings. The largest absolute Gasteiger partial charge is 1.00 e.